The van der Waals surface area contributed by atoms with Crippen LogP contribution < -0.4 is 10.6 Å². The lowest BCUT2D eigenvalue weighted by Crippen LogP contribution is -2.45. The molecule has 1 saturated heterocycles. The van der Waals surface area contributed by atoms with E-state index in [2.05, 4.69) is 17.2 Å². The number of urea groups is 1. The van der Waals surface area contributed by atoms with Crippen LogP contribution in [0.4, 0.5) is 23.7 Å². The molecule has 0 bridgehead atoms. The Hall–Kier alpha value is -2.22. The Labute approximate surface area is 154 Å². The molecule has 1 aliphatic rings. The number of piperidine rings is 1. The summed E-state index contributed by atoms with van der Waals surface area (Å²) in [6.45, 7) is 4.52. The number of carbonyl (C=O) groups is 2. The molecule has 26 heavy (non-hydrogen) atoms. The molecule has 3 amide bonds. The van der Waals surface area contributed by atoms with Gasteiger partial charge in [-0.15, -0.1) is 0 Å². The van der Waals surface area contributed by atoms with Gasteiger partial charge in [-0.3, -0.25) is 4.79 Å². The minimum absolute atomic E-state index is 0.0331. The molecule has 0 unspecified atom stereocenters. The van der Waals surface area contributed by atoms with Crippen LogP contribution in [0.25, 0.3) is 0 Å². The van der Waals surface area contributed by atoms with E-state index in [1.54, 1.807) is 0 Å². The van der Waals surface area contributed by atoms with E-state index in [1.165, 1.54) is 11.0 Å². The number of carbonyl (C=O) groups excluding carboxylic acids is 2. The van der Waals surface area contributed by atoms with Crippen molar-refractivity contribution in [3.05, 3.63) is 41.4 Å². The summed E-state index contributed by atoms with van der Waals surface area (Å²) in [5.74, 6) is -0.270. The molecule has 0 aromatic heterocycles. The third-order valence-electron chi connectivity index (χ3n) is 4.09. The van der Waals surface area contributed by atoms with E-state index in [9.17, 15) is 22.8 Å². The zero-order chi connectivity index (χ0) is 19.3. The highest BCUT2D eigenvalue weighted by Crippen LogP contribution is 2.36. The lowest BCUT2D eigenvalue weighted by Gasteiger charge is -2.33. The molecule has 1 aromatic rings. The van der Waals surface area contributed by atoms with E-state index in [1.807, 2.05) is 0 Å². The summed E-state index contributed by atoms with van der Waals surface area (Å²) in [6, 6.07) is 2.59. The van der Waals surface area contributed by atoms with E-state index >= 15 is 0 Å². The summed E-state index contributed by atoms with van der Waals surface area (Å²) in [7, 11) is 0. The summed E-state index contributed by atoms with van der Waals surface area (Å²) in [5.41, 5.74) is -1.33. The van der Waals surface area contributed by atoms with Gasteiger partial charge in [-0.2, -0.15) is 13.2 Å². The van der Waals surface area contributed by atoms with Crippen LogP contribution in [0.2, 0.25) is 5.02 Å². The van der Waals surface area contributed by atoms with Crippen LogP contribution in [0, 0.1) is 5.92 Å². The normalized spacial score (nSPS) is 17.5. The fraction of sp³-hybridized carbons (Fsp3) is 0.412. The molecule has 1 fully saturated rings. The molecule has 142 valence electrons. The first-order valence-corrected chi connectivity index (χ1v) is 8.41. The summed E-state index contributed by atoms with van der Waals surface area (Å²) in [4.78, 5) is 25.1. The number of alkyl halides is 3. The van der Waals surface area contributed by atoms with Crippen LogP contribution in [-0.4, -0.2) is 36.5 Å². The monoisotopic (exact) mass is 389 g/mol. The first kappa shape index (κ1) is 20.1. The van der Waals surface area contributed by atoms with Gasteiger partial charge in [0, 0.05) is 24.7 Å². The van der Waals surface area contributed by atoms with Gasteiger partial charge >= 0.3 is 12.2 Å². The van der Waals surface area contributed by atoms with E-state index in [-0.39, 0.29) is 22.5 Å². The second-order valence-corrected chi connectivity index (χ2v) is 6.46. The van der Waals surface area contributed by atoms with Gasteiger partial charge in [-0.05, 0) is 43.0 Å². The molecule has 2 N–H and O–H groups in total. The van der Waals surface area contributed by atoms with Crippen molar-refractivity contribution >= 4 is 29.2 Å². The van der Waals surface area contributed by atoms with E-state index in [0.29, 0.717) is 26.1 Å². The summed E-state index contributed by atoms with van der Waals surface area (Å²) >= 11 is 5.63. The molecule has 0 radical (unpaired) electrons. The SMILES string of the molecule is C=CC(=O)NC[C@H]1CCCN(C(=O)Nc2ccc(Cl)cc2C(F)(F)F)C1. The van der Waals surface area contributed by atoms with Crippen molar-refractivity contribution in [1.82, 2.24) is 10.2 Å². The molecular weight excluding hydrogens is 371 g/mol. The highest BCUT2D eigenvalue weighted by Gasteiger charge is 2.35. The van der Waals surface area contributed by atoms with E-state index in [4.69, 9.17) is 11.6 Å². The average Bonchev–Trinajstić information content (AvgIpc) is 2.60. The number of hydrogen-bond acceptors (Lipinski definition) is 2. The van der Waals surface area contributed by atoms with Gasteiger partial charge in [-0.25, -0.2) is 4.79 Å². The number of anilines is 1. The molecule has 9 heteroatoms. The third kappa shape index (κ3) is 5.39. The number of halogens is 4. The van der Waals surface area contributed by atoms with E-state index < -0.39 is 17.8 Å². The predicted molar refractivity (Wildman–Crippen MR) is 93.0 cm³/mol. The Morgan fingerprint density at radius 2 is 2.12 bits per heavy atom. The van der Waals surface area contributed by atoms with E-state index in [0.717, 1.165) is 24.6 Å². The summed E-state index contributed by atoms with van der Waals surface area (Å²) < 4.78 is 39.4. The number of hydrogen-bond donors (Lipinski definition) is 2. The molecule has 1 atom stereocenters. The molecule has 1 aliphatic heterocycles. The molecule has 1 heterocycles. The van der Waals surface area contributed by atoms with Crippen molar-refractivity contribution in [3.8, 4) is 0 Å². The minimum atomic E-state index is -4.63. The van der Waals surface area contributed by atoms with Gasteiger partial charge in [0.05, 0.1) is 11.3 Å². The van der Waals surface area contributed by atoms with Crippen LogP contribution in [0.3, 0.4) is 0 Å². The maximum Gasteiger partial charge on any atom is 0.418 e. The first-order chi connectivity index (χ1) is 12.2. The fourth-order valence-electron chi connectivity index (χ4n) is 2.79. The van der Waals surface area contributed by atoms with Gasteiger partial charge in [-0.1, -0.05) is 18.2 Å². The van der Waals surface area contributed by atoms with Gasteiger partial charge in [0.2, 0.25) is 5.91 Å². The molecule has 0 aliphatic carbocycles. The van der Waals surface area contributed by atoms with Crippen molar-refractivity contribution < 1.29 is 22.8 Å². The summed E-state index contributed by atoms with van der Waals surface area (Å²) in [6.07, 6.45) is -1.95. The molecule has 0 saturated carbocycles. The topological polar surface area (TPSA) is 61.4 Å². The Bertz CT molecular complexity index is 694. The number of benzene rings is 1. The van der Waals surface area contributed by atoms with Crippen molar-refractivity contribution in [2.45, 2.75) is 19.0 Å². The second-order valence-electron chi connectivity index (χ2n) is 6.02. The quantitative estimate of drug-likeness (QED) is 0.767. The van der Waals surface area contributed by atoms with Crippen molar-refractivity contribution in [2.75, 3.05) is 25.0 Å². The number of rotatable bonds is 4. The highest BCUT2D eigenvalue weighted by molar-refractivity contribution is 6.30. The smallest absolute Gasteiger partial charge is 0.352 e. The van der Waals surface area contributed by atoms with Crippen LogP contribution in [-0.2, 0) is 11.0 Å². The number of amides is 3. The maximum atomic E-state index is 13.1. The Morgan fingerprint density at radius 3 is 2.77 bits per heavy atom. The predicted octanol–water partition coefficient (Wildman–Crippen LogP) is 3.90. The fourth-order valence-corrected chi connectivity index (χ4v) is 2.96. The summed E-state index contributed by atoms with van der Waals surface area (Å²) in [5, 5.41) is 4.92. The largest absolute Gasteiger partial charge is 0.418 e. The van der Waals surface area contributed by atoms with Crippen LogP contribution in [0.1, 0.15) is 18.4 Å². The second kappa shape index (κ2) is 8.44. The van der Waals surface area contributed by atoms with Crippen molar-refractivity contribution in [3.63, 3.8) is 0 Å². The lowest BCUT2D eigenvalue weighted by molar-refractivity contribution is -0.136. The Kier molecular flexibility index (Phi) is 6.52. The molecular formula is C17H19ClF3N3O2. The standard InChI is InChI=1S/C17H19ClF3N3O2/c1-2-15(25)22-9-11-4-3-7-24(10-11)16(26)23-14-6-5-12(18)8-13(14)17(19,20)21/h2,5-6,8,11H,1,3-4,7,9-10H2,(H,22,25)(H,23,26)/t11-/m1/s1. The zero-order valence-corrected chi connectivity index (χ0v) is 14.7. The van der Waals surface area contributed by atoms with Gasteiger partial charge < -0.3 is 15.5 Å². The Morgan fingerprint density at radius 1 is 1.38 bits per heavy atom. The van der Waals surface area contributed by atoms with Crippen LogP contribution >= 0.6 is 11.6 Å². The number of nitrogens with one attached hydrogen (secondary N) is 2. The maximum absolute atomic E-state index is 13.1. The minimum Gasteiger partial charge on any atom is -0.352 e. The van der Waals surface area contributed by atoms with Gasteiger partial charge in [0.25, 0.3) is 0 Å². The highest BCUT2D eigenvalue weighted by atomic mass is 35.5. The van der Waals surface area contributed by atoms with Crippen LogP contribution in [0.15, 0.2) is 30.9 Å². The van der Waals surface area contributed by atoms with Crippen LogP contribution in [0.5, 0.6) is 0 Å². The number of likely N-dealkylation sites (tertiary alicyclic amines) is 1. The number of nitrogens with zero attached hydrogens (tertiary/aromatic N) is 1. The van der Waals surface area contributed by atoms with Crippen molar-refractivity contribution in [2.24, 2.45) is 5.92 Å². The van der Waals surface area contributed by atoms with Crippen molar-refractivity contribution in [1.29, 1.82) is 0 Å². The molecule has 5 nitrogen and oxygen atoms in total. The first-order valence-electron chi connectivity index (χ1n) is 8.03. The third-order valence-corrected chi connectivity index (χ3v) is 4.32. The average molecular weight is 390 g/mol. The Balaban J connectivity index is 2.03. The zero-order valence-electron chi connectivity index (χ0n) is 13.9. The molecule has 0 spiro atoms. The van der Waals surface area contributed by atoms with Gasteiger partial charge in [0.15, 0.2) is 0 Å². The van der Waals surface area contributed by atoms with Gasteiger partial charge in [0.1, 0.15) is 0 Å². The lowest BCUT2D eigenvalue weighted by atomic mass is 9.98. The molecule has 2 rings (SSSR count). The molecule has 1 aromatic carbocycles.